The second-order valence-corrected chi connectivity index (χ2v) is 9.22. The summed E-state index contributed by atoms with van der Waals surface area (Å²) in [7, 11) is -3.92. The molecule has 0 saturated carbocycles. The predicted molar refractivity (Wildman–Crippen MR) is 114 cm³/mol. The standard InChI is InChI=1S/C22H26N2O4S/c1-5-6-20(26)17-7-9-19(10-8-17)23-29(27,28)21-12-14(2)11-18-13-15(3)24(16(4)25)22(18)21/h7-12,15,23H,5-6,13H2,1-4H3. The van der Waals surface area contributed by atoms with Crippen LogP contribution < -0.4 is 9.62 Å². The lowest BCUT2D eigenvalue weighted by atomic mass is 10.1. The molecular formula is C22H26N2O4S. The first kappa shape index (κ1) is 21.0. The van der Waals surface area contributed by atoms with E-state index < -0.39 is 10.0 Å². The molecular weight excluding hydrogens is 388 g/mol. The number of ketones is 1. The average Bonchev–Trinajstić information content (AvgIpc) is 2.97. The first-order chi connectivity index (χ1) is 13.6. The van der Waals surface area contributed by atoms with Gasteiger partial charge in [-0.3, -0.25) is 14.3 Å². The van der Waals surface area contributed by atoms with Crippen LogP contribution in [0, 0.1) is 6.92 Å². The van der Waals surface area contributed by atoms with Crippen LogP contribution >= 0.6 is 0 Å². The van der Waals surface area contributed by atoms with Gasteiger partial charge in [0, 0.05) is 30.6 Å². The molecule has 29 heavy (non-hydrogen) atoms. The number of aryl methyl sites for hydroxylation is 1. The smallest absolute Gasteiger partial charge is 0.263 e. The number of fused-ring (bicyclic) bond motifs is 1. The maximum absolute atomic E-state index is 13.2. The van der Waals surface area contributed by atoms with E-state index in [9.17, 15) is 18.0 Å². The average molecular weight is 415 g/mol. The first-order valence-corrected chi connectivity index (χ1v) is 11.2. The number of amides is 1. The Hall–Kier alpha value is -2.67. The van der Waals surface area contributed by atoms with Crippen LogP contribution in [0.3, 0.4) is 0 Å². The molecule has 0 aliphatic carbocycles. The third-order valence-corrected chi connectivity index (χ3v) is 6.45. The summed E-state index contributed by atoms with van der Waals surface area (Å²) in [6, 6.07) is 9.85. The number of carbonyl (C=O) groups excluding carboxylic acids is 2. The van der Waals surface area contributed by atoms with Crippen molar-refractivity contribution in [3.63, 3.8) is 0 Å². The molecule has 1 aliphatic rings. The molecule has 6 nitrogen and oxygen atoms in total. The van der Waals surface area contributed by atoms with Crippen LogP contribution in [-0.2, 0) is 21.2 Å². The molecule has 1 heterocycles. The van der Waals surface area contributed by atoms with Gasteiger partial charge in [-0.25, -0.2) is 8.42 Å². The fourth-order valence-electron chi connectivity index (χ4n) is 3.86. The number of hydrogen-bond donors (Lipinski definition) is 1. The van der Waals surface area contributed by atoms with Crippen molar-refractivity contribution in [3.8, 4) is 0 Å². The maximum atomic E-state index is 13.2. The maximum Gasteiger partial charge on any atom is 0.263 e. The van der Waals surface area contributed by atoms with Crippen molar-refractivity contribution in [3.05, 3.63) is 53.1 Å². The second kappa shape index (κ2) is 7.99. The Morgan fingerprint density at radius 2 is 1.83 bits per heavy atom. The molecule has 0 fully saturated rings. The van der Waals surface area contributed by atoms with Gasteiger partial charge in [-0.05, 0) is 68.1 Å². The van der Waals surface area contributed by atoms with E-state index in [0.29, 0.717) is 29.8 Å². The van der Waals surface area contributed by atoms with E-state index in [4.69, 9.17) is 0 Å². The van der Waals surface area contributed by atoms with Crippen LogP contribution in [0.1, 0.15) is 55.1 Å². The zero-order valence-corrected chi connectivity index (χ0v) is 18.0. The van der Waals surface area contributed by atoms with Gasteiger partial charge < -0.3 is 4.90 Å². The topological polar surface area (TPSA) is 83.6 Å². The van der Waals surface area contributed by atoms with Crippen LogP contribution in [0.2, 0.25) is 0 Å². The van der Waals surface area contributed by atoms with E-state index in [1.165, 1.54) is 6.92 Å². The molecule has 1 aliphatic heterocycles. The summed E-state index contributed by atoms with van der Waals surface area (Å²) in [6.07, 6.45) is 1.84. The van der Waals surface area contributed by atoms with Gasteiger partial charge in [-0.2, -0.15) is 0 Å². The summed E-state index contributed by atoms with van der Waals surface area (Å²) >= 11 is 0. The lowest BCUT2D eigenvalue weighted by molar-refractivity contribution is -0.116. The van der Waals surface area contributed by atoms with Crippen molar-refractivity contribution in [2.75, 3.05) is 9.62 Å². The monoisotopic (exact) mass is 414 g/mol. The molecule has 7 heteroatoms. The summed E-state index contributed by atoms with van der Waals surface area (Å²) in [4.78, 5) is 25.8. The van der Waals surface area contributed by atoms with E-state index in [1.807, 2.05) is 26.8 Å². The number of benzene rings is 2. The molecule has 1 amide bonds. The number of sulfonamides is 1. The molecule has 0 bridgehead atoms. The Balaban J connectivity index is 1.97. The molecule has 0 spiro atoms. The van der Waals surface area contributed by atoms with Gasteiger partial charge in [-0.1, -0.05) is 13.0 Å². The van der Waals surface area contributed by atoms with Gasteiger partial charge in [0.2, 0.25) is 5.91 Å². The van der Waals surface area contributed by atoms with Gasteiger partial charge >= 0.3 is 0 Å². The van der Waals surface area contributed by atoms with Crippen molar-refractivity contribution < 1.29 is 18.0 Å². The van der Waals surface area contributed by atoms with Crippen molar-refractivity contribution in [2.24, 2.45) is 0 Å². The zero-order valence-electron chi connectivity index (χ0n) is 17.2. The summed E-state index contributed by atoms with van der Waals surface area (Å²) in [5.74, 6) is -0.153. The summed E-state index contributed by atoms with van der Waals surface area (Å²) in [5, 5.41) is 0. The molecule has 2 aromatic carbocycles. The first-order valence-electron chi connectivity index (χ1n) is 9.73. The van der Waals surface area contributed by atoms with Gasteiger partial charge in [-0.15, -0.1) is 0 Å². The Kier molecular flexibility index (Phi) is 5.80. The number of carbonyl (C=O) groups is 2. The number of rotatable bonds is 6. The molecule has 1 unspecified atom stereocenters. The van der Waals surface area contributed by atoms with Crippen molar-refractivity contribution in [1.29, 1.82) is 0 Å². The number of nitrogens with zero attached hydrogens (tertiary/aromatic N) is 1. The lowest BCUT2D eigenvalue weighted by Crippen LogP contribution is -2.34. The SMILES string of the molecule is CCCC(=O)c1ccc(NS(=O)(=O)c2cc(C)cc3c2N(C(C)=O)C(C)C3)cc1. The molecule has 154 valence electrons. The van der Waals surface area contributed by atoms with Crippen molar-refractivity contribution in [2.45, 2.75) is 57.9 Å². The summed E-state index contributed by atoms with van der Waals surface area (Å²) in [5.41, 5.74) is 3.06. The van der Waals surface area contributed by atoms with Crippen LogP contribution in [0.4, 0.5) is 11.4 Å². The molecule has 0 aromatic heterocycles. The summed E-state index contributed by atoms with van der Waals surface area (Å²) in [6.45, 7) is 7.13. The fourth-order valence-corrected chi connectivity index (χ4v) is 5.24. The van der Waals surface area contributed by atoms with E-state index >= 15 is 0 Å². The third-order valence-electron chi connectivity index (χ3n) is 5.06. The summed E-state index contributed by atoms with van der Waals surface area (Å²) < 4.78 is 29.0. The zero-order chi connectivity index (χ0) is 21.3. The highest BCUT2D eigenvalue weighted by atomic mass is 32.2. The highest BCUT2D eigenvalue weighted by Gasteiger charge is 2.35. The van der Waals surface area contributed by atoms with Gasteiger partial charge in [0.25, 0.3) is 10.0 Å². The molecule has 1 N–H and O–H groups in total. The van der Waals surface area contributed by atoms with E-state index in [1.54, 1.807) is 35.2 Å². The number of Topliss-reactive ketones (excluding diaryl/α,β-unsaturated/α-hetero) is 1. The van der Waals surface area contributed by atoms with E-state index in [0.717, 1.165) is 17.5 Å². The van der Waals surface area contributed by atoms with Gasteiger partial charge in [0.15, 0.2) is 5.78 Å². The van der Waals surface area contributed by atoms with Crippen molar-refractivity contribution >= 4 is 33.1 Å². The number of hydrogen-bond acceptors (Lipinski definition) is 4. The predicted octanol–water partition coefficient (Wildman–Crippen LogP) is 4.08. The van der Waals surface area contributed by atoms with Gasteiger partial charge in [0.05, 0.1) is 5.69 Å². The minimum Gasteiger partial charge on any atom is -0.308 e. The Labute approximate surface area is 172 Å². The molecule has 0 radical (unpaired) electrons. The Bertz CT molecular complexity index is 1060. The number of nitrogens with one attached hydrogen (secondary N) is 1. The quantitative estimate of drug-likeness (QED) is 0.722. The fraction of sp³-hybridized carbons (Fsp3) is 0.364. The second-order valence-electron chi connectivity index (χ2n) is 7.57. The van der Waals surface area contributed by atoms with E-state index in [-0.39, 0.29) is 22.6 Å². The molecule has 0 saturated heterocycles. The van der Waals surface area contributed by atoms with Crippen LogP contribution in [0.25, 0.3) is 0 Å². The minimum atomic E-state index is -3.92. The molecule has 1 atom stereocenters. The highest BCUT2D eigenvalue weighted by Crippen LogP contribution is 2.39. The van der Waals surface area contributed by atoms with Crippen LogP contribution in [-0.4, -0.2) is 26.2 Å². The van der Waals surface area contributed by atoms with Crippen molar-refractivity contribution in [1.82, 2.24) is 0 Å². The molecule has 3 rings (SSSR count). The Morgan fingerprint density at radius 1 is 1.17 bits per heavy atom. The third kappa shape index (κ3) is 4.19. The largest absolute Gasteiger partial charge is 0.308 e. The minimum absolute atomic E-state index is 0.0319. The van der Waals surface area contributed by atoms with Crippen LogP contribution in [0.5, 0.6) is 0 Å². The molecule has 2 aromatic rings. The Morgan fingerprint density at radius 3 is 2.41 bits per heavy atom. The van der Waals surface area contributed by atoms with Crippen LogP contribution in [0.15, 0.2) is 41.3 Å². The normalized spacial score (nSPS) is 15.9. The lowest BCUT2D eigenvalue weighted by Gasteiger charge is -2.23. The van der Waals surface area contributed by atoms with Gasteiger partial charge in [0.1, 0.15) is 4.90 Å². The highest BCUT2D eigenvalue weighted by molar-refractivity contribution is 7.92. The number of anilines is 2. The van der Waals surface area contributed by atoms with E-state index in [2.05, 4.69) is 4.72 Å².